The smallest absolute Gasteiger partial charge is 0.227 e. The Kier molecular flexibility index (Phi) is 6.82. The Labute approximate surface area is 126 Å². The van der Waals surface area contributed by atoms with Gasteiger partial charge in [-0.15, -0.1) is 12.4 Å². The Morgan fingerprint density at radius 2 is 2.35 bits per heavy atom. The highest BCUT2D eigenvalue weighted by Gasteiger charge is 2.19. The number of halogens is 1. The van der Waals surface area contributed by atoms with Crippen molar-refractivity contribution in [2.24, 2.45) is 0 Å². The molecule has 2 unspecified atom stereocenters. The van der Waals surface area contributed by atoms with Crippen LogP contribution in [0.2, 0.25) is 0 Å². The van der Waals surface area contributed by atoms with E-state index in [2.05, 4.69) is 10.6 Å². The number of amides is 1. The van der Waals surface area contributed by atoms with Crippen molar-refractivity contribution in [1.29, 1.82) is 0 Å². The van der Waals surface area contributed by atoms with Crippen molar-refractivity contribution in [3.8, 4) is 5.75 Å². The average molecular weight is 299 g/mol. The minimum absolute atomic E-state index is 0. The molecule has 2 rings (SSSR count). The van der Waals surface area contributed by atoms with E-state index in [0.717, 1.165) is 24.3 Å². The van der Waals surface area contributed by atoms with Gasteiger partial charge in [0.25, 0.3) is 0 Å². The van der Waals surface area contributed by atoms with E-state index in [1.165, 1.54) is 6.42 Å². The average Bonchev–Trinajstić information content (AvgIpc) is 2.97. The molecule has 0 saturated carbocycles. The summed E-state index contributed by atoms with van der Waals surface area (Å²) in [6, 6.07) is 8.10. The molecule has 1 aliphatic rings. The fourth-order valence-electron chi connectivity index (χ4n) is 2.37. The molecule has 0 aliphatic carbocycles. The van der Waals surface area contributed by atoms with E-state index in [1.54, 1.807) is 7.11 Å². The lowest BCUT2D eigenvalue weighted by atomic mass is 10.00. The monoisotopic (exact) mass is 298 g/mol. The minimum Gasteiger partial charge on any atom is -0.497 e. The Hall–Kier alpha value is -1.26. The van der Waals surface area contributed by atoms with Crippen molar-refractivity contribution in [2.45, 2.75) is 31.7 Å². The molecule has 1 aliphatic heterocycles. The number of carbonyl (C=O) groups excluding carboxylic acids is 1. The van der Waals surface area contributed by atoms with Gasteiger partial charge in [-0.25, -0.2) is 0 Å². The summed E-state index contributed by atoms with van der Waals surface area (Å²) in [4.78, 5) is 12.1. The van der Waals surface area contributed by atoms with E-state index < -0.39 is 0 Å². The van der Waals surface area contributed by atoms with Crippen LogP contribution in [0.4, 0.5) is 0 Å². The third-order valence-electron chi connectivity index (χ3n) is 3.67. The van der Waals surface area contributed by atoms with Crippen molar-refractivity contribution in [2.75, 3.05) is 20.2 Å². The molecule has 1 amide bonds. The van der Waals surface area contributed by atoms with Gasteiger partial charge in [-0.3, -0.25) is 4.79 Å². The van der Waals surface area contributed by atoms with Gasteiger partial charge in [0.2, 0.25) is 5.91 Å². The molecule has 112 valence electrons. The number of rotatable bonds is 5. The van der Waals surface area contributed by atoms with Gasteiger partial charge in [-0.2, -0.15) is 0 Å². The maximum atomic E-state index is 12.1. The van der Waals surface area contributed by atoms with Crippen molar-refractivity contribution in [3.63, 3.8) is 0 Å². The molecule has 1 saturated heterocycles. The summed E-state index contributed by atoms with van der Waals surface area (Å²) in [5, 5.41) is 6.39. The van der Waals surface area contributed by atoms with Crippen LogP contribution in [0.3, 0.4) is 0 Å². The quantitative estimate of drug-likeness (QED) is 0.875. The maximum absolute atomic E-state index is 12.1. The van der Waals surface area contributed by atoms with Gasteiger partial charge in [0.1, 0.15) is 5.75 Å². The van der Waals surface area contributed by atoms with E-state index in [4.69, 9.17) is 4.74 Å². The molecule has 0 bridgehead atoms. The van der Waals surface area contributed by atoms with Crippen LogP contribution in [-0.4, -0.2) is 32.1 Å². The zero-order valence-electron chi connectivity index (χ0n) is 12.0. The van der Waals surface area contributed by atoms with Gasteiger partial charge >= 0.3 is 0 Å². The Morgan fingerprint density at radius 3 is 3.00 bits per heavy atom. The fraction of sp³-hybridized carbons (Fsp3) is 0.533. The number of methoxy groups -OCH3 is 1. The summed E-state index contributed by atoms with van der Waals surface area (Å²) in [6.45, 7) is 3.70. The van der Waals surface area contributed by atoms with E-state index in [1.807, 2.05) is 31.2 Å². The fourth-order valence-corrected chi connectivity index (χ4v) is 2.37. The van der Waals surface area contributed by atoms with Crippen LogP contribution in [0.5, 0.6) is 5.75 Å². The summed E-state index contributed by atoms with van der Waals surface area (Å²) < 4.78 is 5.18. The van der Waals surface area contributed by atoms with Crippen LogP contribution < -0.4 is 15.4 Å². The van der Waals surface area contributed by atoms with E-state index in [0.29, 0.717) is 12.6 Å². The molecule has 2 atom stereocenters. The van der Waals surface area contributed by atoms with Gasteiger partial charge < -0.3 is 15.4 Å². The second kappa shape index (κ2) is 8.12. The summed E-state index contributed by atoms with van der Waals surface area (Å²) in [7, 11) is 1.63. The zero-order valence-corrected chi connectivity index (χ0v) is 12.8. The lowest BCUT2D eigenvalue weighted by molar-refractivity contribution is -0.122. The SMILES string of the molecule is COc1cccc(C(C)C(=O)NCC2CCCN2)c1.Cl. The standard InChI is InChI=1S/C15H22N2O2.ClH/c1-11(12-5-3-7-14(9-12)19-2)15(18)17-10-13-6-4-8-16-13;/h3,5,7,9,11,13,16H,4,6,8,10H2,1-2H3,(H,17,18);1H. The highest BCUT2D eigenvalue weighted by molar-refractivity contribution is 5.85. The topological polar surface area (TPSA) is 50.4 Å². The van der Waals surface area contributed by atoms with Crippen LogP contribution >= 0.6 is 12.4 Å². The number of nitrogens with one attached hydrogen (secondary N) is 2. The molecule has 1 aromatic carbocycles. The van der Waals surface area contributed by atoms with Crippen molar-refractivity contribution in [3.05, 3.63) is 29.8 Å². The van der Waals surface area contributed by atoms with Gasteiger partial charge in [0, 0.05) is 12.6 Å². The molecule has 0 spiro atoms. The maximum Gasteiger partial charge on any atom is 0.227 e. The van der Waals surface area contributed by atoms with Crippen LogP contribution in [0.15, 0.2) is 24.3 Å². The van der Waals surface area contributed by atoms with E-state index >= 15 is 0 Å². The third-order valence-corrected chi connectivity index (χ3v) is 3.67. The lowest BCUT2D eigenvalue weighted by Crippen LogP contribution is -2.38. The normalized spacial score (nSPS) is 19.0. The Balaban J connectivity index is 0.00000200. The first-order valence-corrected chi connectivity index (χ1v) is 6.85. The van der Waals surface area contributed by atoms with Crippen LogP contribution in [0.1, 0.15) is 31.2 Å². The molecule has 4 nitrogen and oxygen atoms in total. The second-order valence-electron chi connectivity index (χ2n) is 5.04. The molecule has 20 heavy (non-hydrogen) atoms. The zero-order chi connectivity index (χ0) is 13.7. The molecule has 1 aromatic rings. The van der Waals surface area contributed by atoms with Crippen molar-refractivity contribution >= 4 is 18.3 Å². The van der Waals surface area contributed by atoms with Gasteiger partial charge in [-0.05, 0) is 44.0 Å². The summed E-state index contributed by atoms with van der Waals surface area (Å²) in [5.41, 5.74) is 0.983. The highest BCUT2D eigenvalue weighted by Crippen LogP contribution is 2.20. The van der Waals surface area contributed by atoms with Crippen molar-refractivity contribution in [1.82, 2.24) is 10.6 Å². The number of benzene rings is 1. The molecule has 1 heterocycles. The first-order valence-electron chi connectivity index (χ1n) is 6.85. The molecule has 1 fully saturated rings. The first-order chi connectivity index (χ1) is 9.20. The molecule has 0 radical (unpaired) electrons. The number of carbonyl (C=O) groups is 1. The van der Waals surface area contributed by atoms with Gasteiger partial charge in [0.15, 0.2) is 0 Å². The molecule has 0 aromatic heterocycles. The van der Waals surface area contributed by atoms with E-state index in [-0.39, 0.29) is 24.2 Å². The van der Waals surface area contributed by atoms with Crippen LogP contribution in [0, 0.1) is 0 Å². The summed E-state index contributed by atoms with van der Waals surface area (Å²) >= 11 is 0. The van der Waals surface area contributed by atoms with Gasteiger partial charge in [0.05, 0.1) is 13.0 Å². The minimum atomic E-state index is -0.156. The summed E-state index contributed by atoms with van der Waals surface area (Å²) in [5.74, 6) is 0.702. The Morgan fingerprint density at radius 1 is 1.55 bits per heavy atom. The highest BCUT2D eigenvalue weighted by atomic mass is 35.5. The largest absolute Gasteiger partial charge is 0.497 e. The third kappa shape index (κ3) is 4.39. The summed E-state index contributed by atoms with van der Waals surface area (Å²) in [6.07, 6.45) is 2.35. The van der Waals surface area contributed by atoms with Gasteiger partial charge in [-0.1, -0.05) is 12.1 Å². The van der Waals surface area contributed by atoms with E-state index in [9.17, 15) is 4.79 Å². The number of ether oxygens (including phenoxy) is 1. The van der Waals surface area contributed by atoms with Crippen LogP contribution in [-0.2, 0) is 4.79 Å². The molecule has 5 heteroatoms. The molecule has 2 N–H and O–H groups in total. The number of hydrogen-bond donors (Lipinski definition) is 2. The van der Waals surface area contributed by atoms with Crippen LogP contribution in [0.25, 0.3) is 0 Å². The first kappa shape index (κ1) is 16.8. The Bertz CT molecular complexity index is 434. The molecular formula is C15H23ClN2O2. The predicted molar refractivity (Wildman–Crippen MR) is 82.7 cm³/mol. The second-order valence-corrected chi connectivity index (χ2v) is 5.04. The molecular weight excluding hydrogens is 276 g/mol. The lowest BCUT2D eigenvalue weighted by Gasteiger charge is -2.16. The number of hydrogen-bond acceptors (Lipinski definition) is 3. The van der Waals surface area contributed by atoms with Crippen molar-refractivity contribution < 1.29 is 9.53 Å². The predicted octanol–water partition coefficient (Wildman–Crippen LogP) is 2.09.